The van der Waals surface area contributed by atoms with Crippen LogP contribution in [0.25, 0.3) is 0 Å². The lowest BCUT2D eigenvalue weighted by Crippen LogP contribution is -2.58. The minimum Gasteiger partial charge on any atom is -0.394 e. The molecule has 0 aromatic rings. The summed E-state index contributed by atoms with van der Waals surface area (Å²) >= 11 is 0. The summed E-state index contributed by atoms with van der Waals surface area (Å²) in [7, 11) is 0. The lowest BCUT2D eigenvalue weighted by Gasteiger charge is -2.42. The van der Waals surface area contributed by atoms with Crippen LogP contribution in [0.4, 0.5) is 0 Å². The molecule has 15 heavy (non-hydrogen) atoms. The Bertz CT molecular complexity index is 241. The number of ether oxygens (including phenoxy) is 1. The van der Waals surface area contributed by atoms with Gasteiger partial charge in [-0.15, -0.1) is 0 Å². The molecule has 0 radical (unpaired) electrons. The normalized spacial score (nSPS) is 27.5. The monoisotopic (exact) mass is 216 g/mol. The minimum atomic E-state index is -0.502. The van der Waals surface area contributed by atoms with Crippen molar-refractivity contribution in [2.45, 2.75) is 38.5 Å². The second-order valence-corrected chi connectivity index (χ2v) is 4.69. The van der Waals surface area contributed by atoms with Gasteiger partial charge in [0.25, 0.3) is 0 Å². The smallest absolute Gasteiger partial charge is 0.239 e. The summed E-state index contributed by atoms with van der Waals surface area (Å²) in [5, 5.41) is 9.07. The van der Waals surface area contributed by atoms with Gasteiger partial charge in [0.1, 0.15) is 0 Å². The first-order valence-electron chi connectivity index (χ1n) is 5.19. The number of aliphatic hydroxyl groups is 1. The van der Waals surface area contributed by atoms with Gasteiger partial charge < -0.3 is 20.5 Å². The number of carbonyl (C=O) groups excluding carboxylic acids is 1. The van der Waals surface area contributed by atoms with Crippen LogP contribution in [0.15, 0.2) is 0 Å². The van der Waals surface area contributed by atoms with Gasteiger partial charge in [0, 0.05) is 13.1 Å². The summed E-state index contributed by atoms with van der Waals surface area (Å²) in [6.45, 7) is 6.32. The molecule has 3 N–H and O–H groups in total. The average Bonchev–Trinajstić information content (AvgIpc) is 2.13. The van der Waals surface area contributed by atoms with Crippen molar-refractivity contribution in [1.82, 2.24) is 4.90 Å². The van der Waals surface area contributed by atoms with Crippen LogP contribution >= 0.6 is 0 Å². The Morgan fingerprint density at radius 2 is 2.33 bits per heavy atom. The number of morpholine rings is 1. The molecule has 0 aliphatic carbocycles. The number of amides is 1. The fraction of sp³-hybridized carbons (Fsp3) is 0.900. The molecule has 1 unspecified atom stereocenters. The van der Waals surface area contributed by atoms with Crippen molar-refractivity contribution < 1.29 is 14.6 Å². The zero-order valence-corrected chi connectivity index (χ0v) is 9.56. The van der Waals surface area contributed by atoms with Crippen molar-refractivity contribution >= 4 is 5.91 Å². The maximum atomic E-state index is 11.7. The van der Waals surface area contributed by atoms with Crippen LogP contribution in [-0.4, -0.2) is 53.4 Å². The molecule has 0 saturated carbocycles. The molecular formula is C10H20N2O3. The Hall–Kier alpha value is -0.650. The van der Waals surface area contributed by atoms with Gasteiger partial charge in [-0.1, -0.05) is 0 Å². The largest absolute Gasteiger partial charge is 0.394 e. The van der Waals surface area contributed by atoms with Gasteiger partial charge in [-0.05, 0) is 20.8 Å². The zero-order valence-electron chi connectivity index (χ0n) is 9.56. The molecule has 1 amide bonds. The molecule has 1 heterocycles. The predicted molar refractivity (Wildman–Crippen MR) is 56.3 cm³/mol. The first kappa shape index (κ1) is 12.4. The highest BCUT2D eigenvalue weighted by Gasteiger charge is 2.35. The Morgan fingerprint density at radius 3 is 2.80 bits per heavy atom. The molecule has 1 aliphatic heterocycles. The van der Waals surface area contributed by atoms with E-state index in [0.29, 0.717) is 13.1 Å². The molecule has 88 valence electrons. The molecule has 0 spiro atoms. The van der Waals surface area contributed by atoms with E-state index in [-0.39, 0.29) is 18.6 Å². The van der Waals surface area contributed by atoms with Crippen LogP contribution in [0, 0.1) is 0 Å². The second kappa shape index (κ2) is 4.47. The fourth-order valence-corrected chi connectivity index (χ4v) is 1.85. The van der Waals surface area contributed by atoms with Crippen LogP contribution in [0.2, 0.25) is 0 Å². The summed E-state index contributed by atoms with van der Waals surface area (Å²) in [5.41, 5.74) is 5.13. The number of hydrogen-bond acceptors (Lipinski definition) is 4. The van der Waals surface area contributed by atoms with E-state index in [4.69, 9.17) is 15.6 Å². The maximum absolute atomic E-state index is 11.7. The van der Waals surface area contributed by atoms with Gasteiger partial charge in [-0.2, -0.15) is 0 Å². The van der Waals surface area contributed by atoms with Crippen LogP contribution in [0.5, 0.6) is 0 Å². The molecule has 0 aromatic heterocycles. The van der Waals surface area contributed by atoms with Crippen LogP contribution in [-0.2, 0) is 9.53 Å². The van der Waals surface area contributed by atoms with Crippen LogP contribution < -0.4 is 5.73 Å². The van der Waals surface area contributed by atoms with Crippen LogP contribution in [0.3, 0.4) is 0 Å². The molecule has 5 nitrogen and oxygen atoms in total. The van der Waals surface area contributed by atoms with Gasteiger partial charge in [0.2, 0.25) is 5.91 Å². The van der Waals surface area contributed by atoms with Gasteiger partial charge >= 0.3 is 0 Å². The molecule has 1 aliphatic rings. The van der Waals surface area contributed by atoms with E-state index in [0.717, 1.165) is 0 Å². The highest BCUT2D eigenvalue weighted by Crippen LogP contribution is 2.21. The quantitative estimate of drug-likeness (QED) is 0.642. The lowest BCUT2D eigenvalue weighted by atomic mass is 10.0. The zero-order chi connectivity index (χ0) is 11.6. The molecular weight excluding hydrogens is 196 g/mol. The van der Waals surface area contributed by atoms with Gasteiger partial charge in [0.05, 0.1) is 24.4 Å². The summed E-state index contributed by atoms with van der Waals surface area (Å²) in [5.74, 6) is -0.0928. The Kier molecular flexibility index (Phi) is 3.70. The third-order valence-electron chi connectivity index (χ3n) is 2.39. The lowest BCUT2D eigenvalue weighted by molar-refractivity contribution is -0.167. The van der Waals surface area contributed by atoms with Gasteiger partial charge in [-0.3, -0.25) is 4.79 Å². The number of rotatable bonds is 2. The standard InChI is InChI=1S/C10H20N2O3/c1-7(11)9(14)12-4-8(5-13)15-10(2,3)6-12/h7-8,13H,4-6,11H2,1-3H3/t7-,8?/m1/s1. The summed E-state index contributed by atoms with van der Waals surface area (Å²) in [6, 6.07) is -0.502. The van der Waals surface area contributed by atoms with Crippen molar-refractivity contribution in [3.05, 3.63) is 0 Å². The topological polar surface area (TPSA) is 75.8 Å². The third kappa shape index (κ3) is 3.15. The van der Waals surface area contributed by atoms with E-state index in [1.807, 2.05) is 13.8 Å². The number of nitrogens with two attached hydrogens (primary N) is 1. The number of aliphatic hydroxyl groups excluding tert-OH is 1. The van der Waals surface area contributed by atoms with Crippen LogP contribution in [0.1, 0.15) is 20.8 Å². The predicted octanol–water partition coefficient (Wildman–Crippen LogP) is -0.668. The Morgan fingerprint density at radius 1 is 1.73 bits per heavy atom. The molecule has 0 bridgehead atoms. The highest BCUT2D eigenvalue weighted by molar-refractivity contribution is 5.81. The maximum Gasteiger partial charge on any atom is 0.239 e. The second-order valence-electron chi connectivity index (χ2n) is 4.69. The van der Waals surface area contributed by atoms with E-state index in [1.165, 1.54) is 0 Å². The molecule has 5 heteroatoms. The third-order valence-corrected chi connectivity index (χ3v) is 2.39. The average molecular weight is 216 g/mol. The van der Waals surface area contributed by atoms with Crippen molar-refractivity contribution in [1.29, 1.82) is 0 Å². The minimum absolute atomic E-state index is 0.0772. The summed E-state index contributed by atoms with van der Waals surface area (Å²) in [6.07, 6.45) is -0.309. The van der Waals surface area contributed by atoms with Crippen molar-refractivity contribution in [3.63, 3.8) is 0 Å². The molecule has 1 saturated heterocycles. The molecule has 1 rings (SSSR count). The first-order valence-corrected chi connectivity index (χ1v) is 5.19. The summed E-state index contributed by atoms with van der Waals surface area (Å²) in [4.78, 5) is 13.4. The SMILES string of the molecule is C[C@@H](N)C(=O)N1CC(CO)OC(C)(C)C1. The van der Waals surface area contributed by atoms with E-state index >= 15 is 0 Å². The fourth-order valence-electron chi connectivity index (χ4n) is 1.85. The van der Waals surface area contributed by atoms with E-state index in [9.17, 15) is 4.79 Å². The van der Waals surface area contributed by atoms with E-state index in [2.05, 4.69) is 0 Å². The molecule has 2 atom stereocenters. The van der Waals surface area contributed by atoms with Crippen molar-refractivity contribution in [3.8, 4) is 0 Å². The Labute approximate surface area is 90.2 Å². The number of nitrogens with zero attached hydrogens (tertiary/aromatic N) is 1. The van der Waals surface area contributed by atoms with Gasteiger partial charge in [-0.25, -0.2) is 0 Å². The van der Waals surface area contributed by atoms with Gasteiger partial charge in [0.15, 0.2) is 0 Å². The van der Waals surface area contributed by atoms with E-state index < -0.39 is 11.6 Å². The van der Waals surface area contributed by atoms with Crippen molar-refractivity contribution in [2.75, 3.05) is 19.7 Å². The summed E-state index contributed by atoms with van der Waals surface area (Å²) < 4.78 is 5.60. The van der Waals surface area contributed by atoms with Crippen molar-refractivity contribution in [2.24, 2.45) is 5.73 Å². The Balaban J connectivity index is 2.70. The highest BCUT2D eigenvalue weighted by atomic mass is 16.5. The molecule has 1 fully saturated rings. The first-order chi connectivity index (χ1) is 6.85. The number of hydrogen-bond donors (Lipinski definition) is 2. The molecule has 0 aromatic carbocycles. The number of carbonyl (C=O) groups is 1. The van der Waals surface area contributed by atoms with E-state index in [1.54, 1.807) is 11.8 Å².